The highest BCUT2D eigenvalue weighted by Gasteiger charge is 1.96. The van der Waals surface area contributed by atoms with Gasteiger partial charge in [0.15, 0.2) is 0 Å². The fourth-order valence-electron chi connectivity index (χ4n) is 0.845. The van der Waals surface area contributed by atoms with Gasteiger partial charge >= 0.3 is 0 Å². The zero-order valence-electron chi connectivity index (χ0n) is 7.73. The number of thioether (sulfide) groups is 1. The fourth-order valence-corrected chi connectivity index (χ4v) is 1.61. The Hall–Kier alpha value is -0.610. The highest BCUT2D eigenvalue weighted by Crippen LogP contribution is 2.08. The van der Waals surface area contributed by atoms with Crippen molar-refractivity contribution in [3.05, 3.63) is 23.8 Å². The summed E-state index contributed by atoms with van der Waals surface area (Å²) in [7, 11) is 0. The molecule has 1 rings (SSSR count). The van der Waals surface area contributed by atoms with E-state index in [1.165, 1.54) is 6.42 Å². The number of hydrogen-bond donors (Lipinski definition) is 1. The molecular formula is C9H14N2OS. The van der Waals surface area contributed by atoms with Crippen LogP contribution in [0, 0.1) is 0 Å². The van der Waals surface area contributed by atoms with Gasteiger partial charge in [0.05, 0.1) is 12.4 Å². The second kappa shape index (κ2) is 5.94. The molecule has 1 aromatic heterocycles. The number of nitrogens with zero attached hydrogens (tertiary/aromatic N) is 2. The Morgan fingerprint density at radius 3 is 2.62 bits per heavy atom. The number of aromatic nitrogens is 2. The number of aliphatic hydroxyl groups is 1. The van der Waals surface area contributed by atoms with Gasteiger partial charge in [0.1, 0.15) is 5.82 Å². The van der Waals surface area contributed by atoms with E-state index < -0.39 is 0 Å². The third-order valence-electron chi connectivity index (χ3n) is 1.52. The van der Waals surface area contributed by atoms with Crippen molar-refractivity contribution >= 4 is 11.8 Å². The molecule has 0 aromatic carbocycles. The van der Waals surface area contributed by atoms with E-state index in [-0.39, 0.29) is 6.61 Å². The van der Waals surface area contributed by atoms with Crippen molar-refractivity contribution in [3.8, 4) is 0 Å². The molecule has 0 aliphatic heterocycles. The van der Waals surface area contributed by atoms with Gasteiger partial charge < -0.3 is 5.11 Å². The average Bonchev–Trinajstić information content (AvgIpc) is 2.19. The van der Waals surface area contributed by atoms with Gasteiger partial charge in [-0.3, -0.25) is 0 Å². The van der Waals surface area contributed by atoms with Gasteiger partial charge in [0.2, 0.25) is 0 Å². The van der Waals surface area contributed by atoms with E-state index in [1.54, 1.807) is 12.4 Å². The summed E-state index contributed by atoms with van der Waals surface area (Å²) in [5.74, 6) is 2.85. The molecule has 0 bridgehead atoms. The quantitative estimate of drug-likeness (QED) is 0.730. The summed E-state index contributed by atoms with van der Waals surface area (Å²) in [6, 6.07) is 0. The summed E-state index contributed by atoms with van der Waals surface area (Å²) in [5.41, 5.74) is 0.768. The van der Waals surface area contributed by atoms with Crippen LogP contribution in [0.5, 0.6) is 0 Å². The van der Waals surface area contributed by atoms with Crippen molar-refractivity contribution in [2.24, 2.45) is 0 Å². The minimum Gasteiger partial charge on any atom is -0.392 e. The molecule has 0 fully saturated rings. The van der Waals surface area contributed by atoms with E-state index >= 15 is 0 Å². The Morgan fingerprint density at radius 1 is 1.38 bits per heavy atom. The van der Waals surface area contributed by atoms with Crippen molar-refractivity contribution < 1.29 is 5.11 Å². The smallest absolute Gasteiger partial charge is 0.138 e. The molecule has 4 heteroatoms. The van der Waals surface area contributed by atoms with E-state index in [4.69, 9.17) is 5.11 Å². The first-order chi connectivity index (χ1) is 6.36. The first-order valence-electron chi connectivity index (χ1n) is 4.35. The van der Waals surface area contributed by atoms with E-state index in [2.05, 4.69) is 16.9 Å². The minimum atomic E-state index is 0.0163. The normalized spacial score (nSPS) is 10.3. The first kappa shape index (κ1) is 10.5. The maximum atomic E-state index is 8.76. The van der Waals surface area contributed by atoms with Crippen molar-refractivity contribution in [2.75, 3.05) is 5.75 Å². The zero-order chi connectivity index (χ0) is 9.52. The van der Waals surface area contributed by atoms with Crippen LogP contribution >= 0.6 is 11.8 Å². The third-order valence-corrected chi connectivity index (χ3v) is 2.68. The molecule has 0 aliphatic rings. The highest BCUT2D eigenvalue weighted by molar-refractivity contribution is 7.98. The lowest BCUT2D eigenvalue weighted by Crippen LogP contribution is -1.95. The molecule has 1 aromatic rings. The molecule has 13 heavy (non-hydrogen) atoms. The molecule has 0 unspecified atom stereocenters. The monoisotopic (exact) mass is 198 g/mol. The van der Waals surface area contributed by atoms with E-state index in [0.29, 0.717) is 0 Å². The van der Waals surface area contributed by atoms with Gasteiger partial charge in [-0.2, -0.15) is 11.8 Å². The lowest BCUT2D eigenvalue weighted by Gasteiger charge is -1.99. The van der Waals surface area contributed by atoms with Crippen LogP contribution in [0.4, 0.5) is 0 Å². The molecule has 0 saturated heterocycles. The largest absolute Gasteiger partial charge is 0.392 e. The fraction of sp³-hybridized carbons (Fsp3) is 0.556. The molecule has 72 valence electrons. The second-order valence-electron chi connectivity index (χ2n) is 2.72. The van der Waals surface area contributed by atoms with Gasteiger partial charge in [-0.1, -0.05) is 6.92 Å². The molecule has 0 amide bonds. The second-order valence-corrected chi connectivity index (χ2v) is 3.82. The van der Waals surface area contributed by atoms with Crippen LogP contribution in [0.1, 0.15) is 24.7 Å². The van der Waals surface area contributed by atoms with Crippen molar-refractivity contribution in [2.45, 2.75) is 25.7 Å². The van der Waals surface area contributed by atoms with E-state index in [0.717, 1.165) is 22.9 Å². The Kier molecular flexibility index (Phi) is 4.78. The first-order valence-corrected chi connectivity index (χ1v) is 5.50. The zero-order valence-corrected chi connectivity index (χ0v) is 8.55. The van der Waals surface area contributed by atoms with Crippen molar-refractivity contribution in [1.29, 1.82) is 0 Å². The highest BCUT2D eigenvalue weighted by atomic mass is 32.2. The van der Waals surface area contributed by atoms with Crippen molar-refractivity contribution in [1.82, 2.24) is 9.97 Å². The Bertz CT molecular complexity index is 238. The summed E-state index contributed by atoms with van der Waals surface area (Å²) in [4.78, 5) is 8.26. The van der Waals surface area contributed by atoms with E-state index in [1.807, 2.05) is 11.8 Å². The van der Waals surface area contributed by atoms with Crippen LogP contribution in [-0.4, -0.2) is 20.8 Å². The molecule has 3 nitrogen and oxygen atoms in total. The van der Waals surface area contributed by atoms with E-state index in [9.17, 15) is 0 Å². The number of aliphatic hydroxyl groups excluding tert-OH is 1. The van der Waals surface area contributed by atoms with Crippen LogP contribution in [0.25, 0.3) is 0 Å². The average molecular weight is 198 g/mol. The maximum Gasteiger partial charge on any atom is 0.138 e. The molecule has 0 saturated carbocycles. The summed E-state index contributed by atoms with van der Waals surface area (Å²) < 4.78 is 0. The summed E-state index contributed by atoms with van der Waals surface area (Å²) in [6.07, 6.45) is 4.53. The Labute approximate surface area is 82.6 Å². The van der Waals surface area contributed by atoms with Crippen LogP contribution in [0.2, 0.25) is 0 Å². The topological polar surface area (TPSA) is 46.0 Å². The van der Waals surface area contributed by atoms with Crippen LogP contribution < -0.4 is 0 Å². The minimum absolute atomic E-state index is 0.0163. The molecular weight excluding hydrogens is 184 g/mol. The molecule has 0 atom stereocenters. The maximum absolute atomic E-state index is 8.76. The predicted molar refractivity (Wildman–Crippen MR) is 54.4 cm³/mol. The lowest BCUT2D eigenvalue weighted by molar-refractivity contribution is 0.281. The molecule has 0 radical (unpaired) electrons. The van der Waals surface area contributed by atoms with Gasteiger partial charge in [-0.25, -0.2) is 9.97 Å². The molecule has 1 heterocycles. The van der Waals surface area contributed by atoms with Crippen molar-refractivity contribution in [3.63, 3.8) is 0 Å². The summed E-state index contributed by atoms with van der Waals surface area (Å²) in [6.45, 7) is 2.17. The van der Waals surface area contributed by atoms with Crippen LogP contribution in [0.3, 0.4) is 0 Å². The molecule has 1 N–H and O–H groups in total. The summed E-state index contributed by atoms with van der Waals surface area (Å²) in [5, 5.41) is 8.76. The SMILES string of the molecule is CCCSCc1ncc(CO)cn1. The third kappa shape index (κ3) is 3.74. The number of hydrogen-bond acceptors (Lipinski definition) is 4. The summed E-state index contributed by atoms with van der Waals surface area (Å²) >= 11 is 1.83. The Morgan fingerprint density at radius 2 is 2.08 bits per heavy atom. The van der Waals surface area contributed by atoms with Gasteiger partial charge in [0.25, 0.3) is 0 Å². The standard InChI is InChI=1S/C9H14N2OS/c1-2-3-13-7-9-10-4-8(6-12)5-11-9/h4-5,12H,2-3,6-7H2,1H3. The van der Waals surface area contributed by atoms with Crippen LogP contribution in [0.15, 0.2) is 12.4 Å². The Balaban J connectivity index is 2.40. The molecule has 0 spiro atoms. The lowest BCUT2D eigenvalue weighted by atomic mass is 10.4. The number of rotatable bonds is 5. The van der Waals surface area contributed by atoms with Gasteiger partial charge in [-0.05, 0) is 12.2 Å². The van der Waals surface area contributed by atoms with Gasteiger partial charge in [-0.15, -0.1) is 0 Å². The predicted octanol–water partition coefficient (Wildman–Crippen LogP) is 1.61. The molecule has 0 aliphatic carbocycles. The van der Waals surface area contributed by atoms with Crippen LogP contribution in [-0.2, 0) is 12.4 Å². The van der Waals surface area contributed by atoms with Gasteiger partial charge in [0, 0.05) is 18.0 Å².